The van der Waals surface area contributed by atoms with Gasteiger partial charge < -0.3 is 54.6 Å². The number of hydrogen-bond donors (Lipinski definition) is 9. The molecule has 24 nitrogen and oxygen atoms in total. The van der Waals surface area contributed by atoms with Crippen molar-refractivity contribution < 1.29 is 80.8 Å². The number of aromatic amines is 1. The second kappa shape index (κ2) is 20.0. The summed E-state index contributed by atoms with van der Waals surface area (Å²) in [5.41, 5.74) is 2.72. The van der Waals surface area contributed by atoms with Crippen molar-refractivity contribution in [1.29, 1.82) is 0 Å². The topological polar surface area (TPSA) is 346 Å². The fraction of sp³-hybridized carbons (Fsp3) is 0.372. The van der Waals surface area contributed by atoms with E-state index in [9.17, 15) is 58.0 Å². The first kappa shape index (κ1) is 51.0. The van der Waals surface area contributed by atoms with Crippen LogP contribution in [0.25, 0.3) is 11.6 Å². The van der Waals surface area contributed by atoms with E-state index in [1.54, 1.807) is 0 Å². The number of anilines is 1. The summed E-state index contributed by atoms with van der Waals surface area (Å²) in [6.45, 7) is 6.20. The maximum atomic E-state index is 13.8. The number of carboxylic acid groups (broad SMARTS) is 1. The molecule has 27 heteroatoms. The number of carbonyl (C=O) groups excluding carboxylic acids is 1. The smallest absolute Gasteiger partial charge is 0.478 e. The number of carbonyl (C=O) groups is 2. The quantitative estimate of drug-likeness (QED) is 0.0495. The van der Waals surface area contributed by atoms with Crippen molar-refractivity contribution in [3.8, 4) is 11.5 Å². The van der Waals surface area contributed by atoms with Crippen molar-refractivity contribution in [3.63, 3.8) is 0 Å². The summed E-state index contributed by atoms with van der Waals surface area (Å²) in [6, 6.07) is 12.5. The summed E-state index contributed by atoms with van der Waals surface area (Å²) >= 11 is 0. The van der Waals surface area contributed by atoms with Gasteiger partial charge in [0.05, 0.1) is 23.8 Å². The Kier molecular flexibility index (Phi) is 14.6. The Bertz CT molecular complexity index is 3220. The average molecular weight is 1030 g/mol. The van der Waals surface area contributed by atoms with Crippen LogP contribution in [0.1, 0.15) is 81.5 Å². The number of aromatic carboxylic acids is 1. The standard InChI is InChI=1S/C43H48N5O19P3/c1-3-46-14-6-9-23-16-29-33(19-31(23)46)64-34-20-32-24(10-7-15-47(32)4-2)17-30(34)36(29)28-18-25(11-12-27(28)42(53)54)39(51)44-13-5-8-26-21-48(43(55)45-40(26)52)41-38(50)37(49)35(65-41)22-63-69(59,60)67-70(61,62)66-68(56,57)58/h5,8,11-12,16-21,35,37-38,41,49-50H,3-4,6-7,9-10,13-15,22H2,1-2H3,(H6-,44,45,51,52,53,54,55,56,57,58,59,60,61,62)/p+1/b8-5+/t35-,37-,38-,41-/m1/s1. The largest absolute Gasteiger partial charge is 0.490 e. The van der Waals surface area contributed by atoms with E-state index >= 15 is 0 Å². The van der Waals surface area contributed by atoms with Crippen LogP contribution in [0.5, 0.6) is 11.5 Å². The molecule has 5 heterocycles. The van der Waals surface area contributed by atoms with Gasteiger partial charge in [0.2, 0.25) is 5.36 Å². The van der Waals surface area contributed by atoms with E-state index in [0.717, 1.165) is 80.2 Å². The van der Waals surface area contributed by atoms with Gasteiger partial charge in [0, 0.05) is 71.5 Å². The first-order valence-corrected chi connectivity index (χ1v) is 26.5. The van der Waals surface area contributed by atoms with Gasteiger partial charge in [0.15, 0.2) is 6.23 Å². The van der Waals surface area contributed by atoms with Gasteiger partial charge in [-0.1, -0.05) is 12.2 Å². The lowest BCUT2D eigenvalue weighted by atomic mass is 9.85. The van der Waals surface area contributed by atoms with Crippen molar-refractivity contribution >= 4 is 52.7 Å². The first-order chi connectivity index (χ1) is 33.1. The van der Waals surface area contributed by atoms with E-state index < -0.39 is 77.7 Å². The summed E-state index contributed by atoms with van der Waals surface area (Å²) in [7, 11) is -17.2. The number of H-pyrrole nitrogens is 1. The zero-order valence-corrected chi connectivity index (χ0v) is 40.1. The molecule has 0 aliphatic carbocycles. The molecule has 4 aliphatic heterocycles. The molecule has 0 bridgehead atoms. The second-order valence-corrected chi connectivity index (χ2v) is 21.1. The Hall–Kier alpha value is -5.42. The summed E-state index contributed by atoms with van der Waals surface area (Å²) < 4.78 is 61.6. The van der Waals surface area contributed by atoms with Crippen LogP contribution in [0.3, 0.4) is 0 Å². The monoisotopic (exact) mass is 1030 g/mol. The third kappa shape index (κ3) is 10.7. The van der Waals surface area contributed by atoms with E-state index in [1.165, 1.54) is 30.4 Å². The molecule has 3 aromatic carbocycles. The number of aromatic nitrogens is 2. The van der Waals surface area contributed by atoms with Crippen molar-refractivity contribution in [2.45, 2.75) is 64.1 Å². The normalized spacial score (nSPS) is 21.5. The van der Waals surface area contributed by atoms with Gasteiger partial charge in [-0.2, -0.15) is 8.62 Å². The van der Waals surface area contributed by atoms with Crippen LogP contribution in [0.2, 0.25) is 0 Å². The maximum absolute atomic E-state index is 13.8. The number of nitrogens with zero attached hydrogens (tertiary/aromatic N) is 3. The molecule has 2 unspecified atom stereocenters. The van der Waals surface area contributed by atoms with Gasteiger partial charge in [-0.05, 0) is 74.6 Å². The number of ether oxygens (including phenoxy) is 2. The number of benzene rings is 3. The van der Waals surface area contributed by atoms with E-state index in [1.807, 2.05) is 17.1 Å². The molecular weight excluding hydrogens is 983 g/mol. The fourth-order valence-electron chi connectivity index (χ4n) is 9.04. The number of nitrogens with one attached hydrogen (secondary N) is 2. The maximum Gasteiger partial charge on any atom is 0.490 e. The molecule has 1 aromatic heterocycles. The molecule has 0 radical (unpaired) electrons. The Morgan fingerprint density at radius 2 is 1.69 bits per heavy atom. The van der Waals surface area contributed by atoms with Gasteiger partial charge in [0.1, 0.15) is 42.9 Å². The lowest BCUT2D eigenvalue weighted by Gasteiger charge is -2.32. The van der Waals surface area contributed by atoms with E-state index in [0.29, 0.717) is 38.0 Å². The molecule has 1 fully saturated rings. The number of aryl methyl sites for hydroxylation is 2. The van der Waals surface area contributed by atoms with Gasteiger partial charge in [-0.15, -0.1) is 0 Å². The molecule has 9 N–H and O–H groups in total. The van der Waals surface area contributed by atoms with Crippen molar-refractivity contribution in [1.82, 2.24) is 19.4 Å². The minimum atomic E-state index is -5.87. The molecule has 8 rings (SSSR count). The molecule has 70 heavy (non-hydrogen) atoms. The Morgan fingerprint density at radius 1 is 0.929 bits per heavy atom. The van der Waals surface area contributed by atoms with Gasteiger partial charge in [0.25, 0.3) is 11.5 Å². The third-order valence-electron chi connectivity index (χ3n) is 12.2. The molecule has 374 valence electrons. The van der Waals surface area contributed by atoms with Crippen LogP contribution < -0.4 is 41.4 Å². The molecule has 4 aliphatic rings. The highest BCUT2D eigenvalue weighted by Gasteiger charge is 2.47. The van der Waals surface area contributed by atoms with Crippen LogP contribution in [-0.4, -0.2) is 114 Å². The number of aliphatic hydroxyl groups excluding tert-OH is 2. The number of phosphoric ester groups is 1. The third-order valence-corrected chi connectivity index (χ3v) is 16.0. The van der Waals surface area contributed by atoms with Crippen LogP contribution in [0.4, 0.5) is 5.69 Å². The highest BCUT2D eigenvalue weighted by Crippen LogP contribution is 2.66. The number of amides is 1. The number of phosphoric acid groups is 3. The summed E-state index contributed by atoms with van der Waals surface area (Å²) in [4.78, 5) is 93.4. The molecule has 1 amide bonds. The highest BCUT2D eigenvalue weighted by molar-refractivity contribution is 7.66. The number of rotatable bonds is 16. The first-order valence-electron chi connectivity index (χ1n) is 21.9. The second-order valence-electron chi connectivity index (χ2n) is 16.7. The number of aliphatic hydroxyl groups is 2. The van der Waals surface area contributed by atoms with Gasteiger partial charge in [-0.3, -0.25) is 23.7 Å². The molecule has 0 spiro atoms. The summed E-state index contributed by atoms with van der Waals surface area (Å²) in [5, 5.41) is 36.3. The van der Waals surface area contributed by atoms with Crippen molar-refractivity contribution in [3.05, 3.63) is 125 Å². The lowest BCUT2D eigenvalue weighted by Crippen LogP contribution is -2.39. The molecule has 6 atom stereocenters. The zero-order chi connectivity index (χ0) is 50.4. The van der Waals surface area contributed by atoms with Crippen LogP contribution >= 0.6 is 23.5 Å². The lowest BCUT2D eigenvalue weighted by molar-refractivity contribution is -0.0542. The van der Waals surface area contributed by atoms with Crippen molar-refractivity contribution in [2.24, 2.45) is 0 Å². The minimum Gasteiger partial charge on any atom is -0.478 e. The Morgan fingerprint density at radius 3 is 2.40 bits per heavy atom. The van der Waals surface area contributed by atoms with Gasteiger partial charge >= 0.3 is 35.1 Å². The molecular formula is C43H49N5O19P3+. The van der Waals surface area contributed by atoms with Crippen LogP contribution in [0.15, 0.2) is 64.3 Å². The molecule has 1 saturated heterocycles. The number of carboxylic acids is 1. The number of fused-ring (bicyclic) bond motifs is 4. The van der Waals surface area contributed by atoms with E-state index in [4.69, 9.17) is 19.3 Å². The summed E-state index contributed by atoms with van der Waals surface area (Å²) in [6.07, 6.45) is -0.322. The predicted molar refractivity (Wildman–Crippen MR) is 247 cm³/mol. The Labute approximate surface area is 396 Å². The fourth-order valence-corrected chi connectivity index (χ4v) is 12.1. The van der Waals surface area contributed by atoms with Crippen LogP contribution in [0, 0.1) is 0 Å². The van der Waals surface area contributed by atoms with E-state index in [-0.39, 0.29) is 23.2 Å². The molecule has 4 aromatic rings. The SMILES string of the molecule is CCN1CCCc2cc3c(cc21)Oc1cc2c(cc1=C3c1cc(C(=O)NC/C=C/c3cn([C@@H]4O[C@H](COP(=O)(O)OP(=O)(O)OP(=O)(O)O)[C@@H](O)[C@H]4O)c(=O)[nH]c3=O)ccc1C(=O)O)CCC[N+]=2CC. The number of hydrogen-bond acceptors (Lipinski definition) is 15. The van der Waals surface area contributed by atoms with Crippen molar-refractivity contribution in [2.75, 3.05) is 44.2 Å². The van der Waals surface area contributed by atoms with Crippen LogP contribution in [-0.2, 0) is 44.4 Å². The van der Waals surface area contributed by atoms with E-state index in [2.05, 4.69) is 53.9 Å². The van der Waals surface area contributed by atoms with Gasteiger partial charge in [-0.25, -0.2) is 27.9 Å². The zero-order valence-electron chi connectivity index (χ0n) is 37.4. The average Bonchev–Trinajstić information content (AvgIpc) is 3.57. The Balaban J connectivity index is 1.04. The minimum absolute atomic E-state index is 0.0325. The molecule has 0 saturated carbocycles. The summed E-state index contributed by atoms with van der Waals surface area (Å²) in [5.74, 6) is -0.669. The highest BCUT2D eigenvalue weighted by atomic mass is 31.3. The predicted octanol–water partition coefficient (Wildman–Crippen LogP) is 1.22.